The first kappa shape index (κ1) is 11.6. The maximum Gasteiger partial charge on any atom is 0.248 e. The lowest BCUT2D eigenvalue weighted by Gasteiger charge is -2.02. The SMILES string of the molecule is CCNCc1nnc(-c2cccc(O)c2C)o1. The van der Waals surface area contributed by atoms with Crippen molar-refractivity contribution in [2.24, 2.45) is 0 Å². The fourth-order valence-corrected chi connectivity index (χ4v) is 1.52. The van der Waals surface area contributed by atoms with E-state index in [0.717, 1.165) is 17.7 Å². The average Bonchev–Trinajstić information content (AvgIpc) is 2.78. The number of benzene rings is 1. The summed E-state index contributed by atoms with van der Waals surface area (Å²) in [5, 5.41) is 20.6. The first-order chi connectivity index (χ1) is 8.22. The van der Waals surface area contributed by atoms with Crippen molar-refractivity contribution in [1.29, 1.82) is 0 Å². The van der Waals surface area contributed by atoms with E-state index in [4.69, 9.17) is 4.42 Å². The maximum absolute atomic E-state index is 9.61. The van der Waals surface area contributed by atoms with Gasteiger partial charge in [-0.05, 0) is 25.6 Å². The van der Waals surface area contributed by atoms with Crippen molar-refractivity contribution in [3.05, 3.63) is 29.7 Å². The minimum absolute atomic E-state index is 0.230. The van der Waals surface area contributed by atoms with Gasteiger partial charge in [0, 0.05) is 11.1 Å². The fourth-order valence-electron chi connectivity index (χ4n) is 1.52. The fraction of sp³-hybridized carbons (Fsp3) is 0.333. The normalized spacial score (nSPS) is 10.7. The smallest absolute Gasteiger partial charge is 0.248 e. The average molecular weight is 233 g/mol. The van der Waals surface area contributed by atoms with Crippen LogP contribution in [0.1, 0.15) is 18.4 Å². The molecule has 0 atom stereocenters. The maximum atomic E-state index is 9.61. The minimum atomic E-state index is 0.230. The standard InChI is InChI=1S/C12H15N3O2/c1-3-13-7-11-14-15-12(17-11)9-5-4-6-10(16)8(9)2/h4-6,13,16H,3,7H2,1-2H3. The van der Waals surface area contributed by atoms with E-state index in [9.17, 15) is 5.11 Å². The van der Waals surface area contributed by atoms with Gasteiger partial charge in [0.25, 0.3) is 0 Å². The number of rotatable bonds is 4. The molecular weight excluding hydrogens is 218 g/mol. The van der Waals surface area contributed by atoms with Crippen LogP contribution in [0, 0.1) is 6.92 Å². The molecule has 90 valence electrons. The molecule has 2 N–H and O–H groups in total. The van der Waals surface area contributed by atoms with E-state index in [1.807, 2.05) is 19.9 Å². The Balaban J connectivity index is 2.27. The third-order valence-corrected chi connectivity index (χ3v) is 2.53. The van der Waals surface area contributed by atoms with Crippen LogP contribution in [0.2, 0.25) is 0 Å². The molecule has 0 saturated heterocycles. The summed E-state index contributed by atoms with van der Waals surface area (Å²) in [4.78, 5) is 0. The molecule has 5 nitrogen and oxygen atoms in total. The summed E-state index contributed by atoms with van der Waals surface area (Å²) in [6, 6.07) is 5.24. The molecule has 2 rings (SSSR count). The zero-order chi connectivity index (χ0) is 12.3. The molecule has 0 aliphatic carbocycles. The number of aromatic hydroxyl groups is 1. The number of phenolic OH excluding ortho intramolecular Hbond substituents is 1. The Labute approximate surface area is 99.5 Å². The highest BCUT2D eigenvalue weighted by Crippen LogP contribution is 2.27. The molecule has 0 aliphatic rings. The van der Waals surface area contributed by atoms with Crippen LogP contribution in [0.5, 0.6) is 5.75 Å². The monoisotopic (exact) mass is 233 g/mol. The highest BCUT2D eigenvalue weighted by molar-refractivity contribution is 5.61. The van der Waals surface area contributed by atoms with Crippen molar-refractivity contribution in [1.82, 2.24) is 15.5 Å². The van der Waals surface area contributed by atoms with Crippen molar-refractivity contribution >= 4 is 0 Å². The molecule has 1 aromatic heterocycles. The Bertz CT molecular complexity index is 508. The third-order valence-electron chi connectivity index (χ3n) is 2.53. The summed E-state index contributed by atoms with van der Waals surface area (Å²) >= 11 is 0. The second-order valence-corrected chi connectivity index (χ2v) is 3.73. The van der Waals surface area contributed by atoms with Crippen molar-refractivity contribution < 1.29 is 9.52 Å². The Kier molecular flexibility index (Phi) is 3.39. The highest BCUT2D eigenvalue weighted by atomic mass is 16.4. The minimum Gasteiger partial charge on any atom is -0.508 e. The van der Waals surface area contributed by atoms with Crippen LogP contribution in [-0.2, 0) is 6.54 Å². The second-order valence-electron chi connectivity index (χ2n) is 3.73. The molecule has 17 heavy (non-hydrogen) atoms. The van der Waals surface area contributed by atoms with Crippen LogP contribution in [0.3, 0.4) is 0 Å². The van der Waals surface area contributed by atoms with Gasteiger partial charge in [-0.3, -0.25) is 0 Å². The highest BCUT2D eigenvalue weighted by Gasteiger charge is 2.12. The molecule has 1 aromatic carbocycles. The van der Waals surface area contributed by atoms with Crippen LogP contribution in [0.15, 0.2) is 22.6 Å². The van der Waals surface area contributed by atoms with Gasteiger partial charge < -0.3 is 14.8 Å². The molecule has 0 unspecified atom stereocenters. The van der Waals surface area contributed by atoms with Crippen molar-refractivity contribution in [2.45, 2.75) is 20.4 Å². The van der Waals surface area contributed by atoms with E-state index >= 15 is 0 Å². The van der Waals surface area contributed by atoms with Gasteiger partial charge in [-0.1, -0.05) is 13.0 Å². The number of nitrogens with zero attached hydrogens (tertiary/aromatic N) is 2. The Morgan fingerprint density at radius 3 is 2.94 bits per heavy atom. The lowest BCUT2D eigenvalue weighted by atomic mass is 10.1. The van der Waals surface area contributed by atoms with E-state index < -0.39 is 0 Å². The summed E-state index contributed by atoms with van der Waals surface area (Å²) in [6.45, 7) is 5.24. The van der Waals surface area contributed by atoms with Gasteiger partial charge in [0.1, 0.15) is 5.75 Å². The Morgan fingerprint density at radius 1 is 1.35 bits per heavy atom. The van der Waals surface area contributed by atoms with Gasteiger partial charge in [0.05, 0.1) is 6.54 Å². The first-order valence-corrected chi connectivity index (χ1v) is 5.54. The first-order valence-electron chi connectivity index (χ1n) is 5.54. The van der Waals surface area contributed by atoms with E-state index in [1.165, 1.54) is 0 Å². The molecule has 0 fully saturated rings. The zero-order valence-electron chi connectivity index (χ0n) is 9.90. The van der Waals surface area contributed by atoms with E-state index in [2.05, 4.69) is 15.5 Å². The number of aromatic nitrogens is 2. The number of nitrogens with one attached hydrogen (secondary N) is 1. The van der Waals surface area contributed by atoms with Crippen LogP contribution in [0.4, 0.5) is 0 Å². The number of hydrogen-bond acceptors (Lipinski definition) is 5. The van der Waals surface area contributed by atoms with Crippen LogP contribution in [-0.4, -0.2) is 21.8 Å². The van der Waals surface area contributed by atoms with Gasteiger partial charge >= 0.3 is 0 Å². The van der Waals surface area contributed by atoms with Gasteiger partial charge in [-0.2, -0.15) is 0 Å². The lowest BCUT2D eigenvalue weighted by molar-refractivity contribution is 0.468. The van der Waals surface area contributed by atoms with Crippen molar-refractivity contribution in [3.63, 3.8) is 0 Å². The summed E-state index contributed by atoms with van der Waals surface area (Å²) in [6.07, 6.45) is 0. The van der Waals surface area contributed by atoms with Crippen molar-refractivity contribution in [3.8, 4) is 17.2 Å². The van der Waals surface area contributed by atoms with Gasteiger partial charge in [-0.15, -0.1) is 10.2 Å². The number of hydrogen-bond donors (Lipinski definition) is 2. The summed E-state index contributed by atoms with van der Waals surface area (Å²) in [5.41, 5.74) is 1.51. The van der Waals surface area contributed by atoms with E-state index in [0.29, 0.717) is 18.3 Å². The summed E-state index contributed by atoms with van der Waals surface area (Å²) in [7, 11) is 0. The largest absolute Gasteiger partial charge is 0.508 e. The predicted octanol–water partition coefficient (Wildman–Crippen LogP) is 1.86. The van der Waals surface area contributed by atoms with Crippen LogP contribution < -0.4 is 5.32 Å². The lowest BCUT2D eigenvalue weighted by Crippen LogP contribution is -2.11. The Hall–Kier alpha value is -1.88. The van der Waals surface area contributed by atoms with Crippen LogP contribution in [0.25, 0.3) is 11.5 Å². The van der Waals surface area contributed by atoms with E-state index in [1.54, 1.807) is 12.1 Å². The van der Waals surface area contributed by atoms with E-state index in [-0.39, 0.29) is 5.75 Å². The quantitative estimate of drug-likeness (QED) is 0.843. The topological polar surface area (TPSA) is 71.2 Å². The summed E-state index contributed by atoms with van der Waals surface area (Å²) < 4.78 is 5.51. The number of phenols is 1. The molecule has 0 aliphatic heterocycles. The van der Waals surface area contributed by atoms with Crippen molar-refractivity contribution in [2.75, 3.05) is 6.54 Å². The predicted molar refractivity (Wildman–Crippen MR) is 63.5 cm³/mol. The van der Waals surface area contributed by atoms with Gasteiger partial charge in [-0.25, -0.2) is 0 Å². The molecule has 1 heterocycles. The zero-order valence-corrected chi connectivity index (χ0v) is 9.90. The molecule has 0 spiro atoms. The molecule has 5 heteroatoms. The van der Waals surface area contributed by atoms with Crippen LogP contribution >= 0.6 is 0 Å². The molecule has 0 saturated carbocycles. The van der Waals surface area contributed by atoms with Gasteiger partial charge in [0.15, 0.2) is 0 Å². The summed E-state index contributed by atoms with van der Waals surface area (Å²) in [5.74, 6) is 1.21. The molecule has 2 aromatic rings. The molecule has 0 radical (unpaired) electrons. The molecule has 0 amide bonds. The third kappa shape index (κ3) is 2.45. The molecular formula is C12H15N3O2. The Morgan fingerprint density at radius 2 is 2.18 bits per heavy atom. The molecule has 0 bridgehead atoms. The van der Waals surface area contributed by atoms with Gasteiger partial charge in [0.2, 0.25) is 11.8 Å². The second kappa shape index (κ2) is 4.97.